The van der Waals surface area contributed by atoms with E-state index >= 15 is 0 Å². The molecule has 11 heteroatoms. The Morgan fingerprint density at radius 1 is 1.41 bits per heavy atom. The van der Waals surface area contributed by atoms with E-state index in [4.69, 9.17) is 19.9 Å². The number of aliphatic hydroxyl groups excluding tert-OH is 1. The van der Waals surface area contributed by atoms with Crippen LogP contribution in [0.5, 0.6) is 0 Å². The lowest BCUT2D eigenvalue weighted by molar-refractivity contribution is -0.321. The molecular formula is C16H25N3O8. The molecule has 1 aromatic rings. The Morgan fingerprint density at radius 2 is 2.11 bits per heavy atom. The lowest BCUT2D eigenvalue weighted by atomic mass is 9.94. The van der Waals surface area contributed by atoms with E-state index in [9.17, 15) is 24.9 Å². The Labute approximate surface area is 155 Å². The monoisotopic (exact) mass is 387 g/mol. The summed E-state index contributed by atoms with van der Waals surface area (Å²) in [5, 5.41) is 31.6. The van der Waals surface area contributed by atoms with Crippen LogP contribution < -0.4 is 11.4 Å². The number of aliphatic hydroxyl groups is 3. The van der Waals surface area contributed by atoms with Gasteiger partial charge in [0.05, 0.1) is 6.61 Å². The molecule has 0 spiro atoms. The van der Waals surface area contributed by atoms with Gasteiger partial charge in [-0.2, -0.15) is 4.98 Å². The summed E-state index contributed by atoms with van der Waals surface area (Å²) in [6.07, 6.45) is -0.348. The predicted octanol–water partition coefficient (Wildman–Crippen LogP) is -0.718. The smallest absolute Gasteiger partial charge is 0.434 e. The number of anilines is 1. The van der Waals surface area contributed by atoms with Crippen LogP contribution in [0, 0.1) is 0 Å². The summed E-state index contributed by atoms with van der Waals surface area (Å²) < 4.78 is 15.6. The zero-order chi connectivity index (χ0) is 20.2. The van der Waals surface area contributed by atoms with Gasteiger partial charge in [0.25, 0.3) is 5.91 Å². The predicted molar refractivity (Wildman–Crippen MR) is 91.4 cm³/mol. The summed E-state index contributed by atoms with van der Waals surface area (Å²) in [7, 11) is 0. The molecule has 1 aliphatic rings. The van der Waals surface area contributed by atoms with Crippen molar-refractivity contribution in [2.24, 2.45) is 0 Å². The average Bonchev–Trinajstić information content (AvgIpc) is 2.77. The third-order valence-electron chi connectivity index (χ3n) is 4.39. The number of carbonyl (C=O) groups is 1. The second-order valence-corrected chi connectivity index (χ2v) is 6.48. The van der Waals surface area contributed by atoms with Crippen molar-refractivity contribution in [2.75, 3.05) is 18.9 Å². The number of carbonyl (C=O) groups excluding carboxylic acids is 1. The standard InChI is InChI=1S/C16H25N3O8/c1-3-4-5-8-25-14(22)26-9-10-12(20)15(2,23)16(24,27-10)19-7-6-11(17)18-13(19)21/h6-7,10,12,20,23-24H,3-5,8-9H2,1-2H3,(H2,17,18,21)/t10-,12-,15-,16-/m1/s1. The molecule has 27 heavy (non-hydrogen) atoms. The Balaban J connectivity index is 2.07. The summed E-state index contributed by atoms with van der Waals surface area (Å²) in [4.78, 5) is 27.0. The highest BCUT2D eigenvalue weighted by Crippen LogP contribution is 2.41. The molecule has 0 amide bonds. The van der Waals surface area contributed by atoms with Gasteiger partial charge in [-0.15, -0.1) is 0 Å². The second-order valence-electron chi connectivity index (χ2n) is 6.48. The lowest BCUT2D eigenvalue weighted by Gasteiger charge is -2.34. The molecule has 4 atom stereocenters. The molecule has 1 aromatic heterocycles. The number of nitrogens with zero attached hydrogens (tertiary/aromatic N) is 2. The van der Waals surface area contributed by atoms with Gasteiger partial charge in [-0.1, -0.05) is 19.8 Å². The van der Waals surface area contributed by atoms with Crippen LogP contribution in [0.3, 0.4) is 0 Å². The van der Waals surface area contributed by atoms with Crippen molar-refractivity contribution in [3.63, 3.8) is 0 Å². The van der Waals surface area contributed by atoms with Crippen molar-refractivity contribution in [1.82, 2.24) is 9.55 Å². The number of rotatable bonds is 7. The van der Waals surface area contributed by atoms with Crippen molar-refractivity contribution in [1.29, 1.82) is 0 Å². The van der Waals surface area contributed by atoms with E-state index in [1.807, 2.05) is 6.92 Å². The van der Waals surface area contributed by atoms with Crippen LogP contribution in [0.1, 0.15) is 33.1 Å². The Bertz CT molecular complexity index is 722. The first-order valence-electron chi connectivity index (χ1n) is 8.59. The summed E-state index contributed by atoms with van der Waals surface area (Å²) in [6.45, 7) is 2.76. The van der Waals surface area contributed by atoms with Crippen molar-refractivity contribution in [3.05, 3.63) is 22.7 Å². The number of ether oxygens (including phenoxy) is 3. The number of nitrogen functional groups attached to an aromatic ring is 1. The van der Waals surface area contributed by atoms with Gasteiger partial charge in [-0.05, 0) is 19.4 Å². The quantitative estimate of drug-likeness (QED) is 0.346. The van der Waals surface area contributed by atoms with E-state index in [2.05, 4.69) is 4.98 Å². The van der Waals surface area contributed by atoms with Gasteiger partial charge >= 0.3 is 11.8 Å². The topological polar surface area (TPSA) is 166 Å². The molecular weight excluding hydrogens is 362 g/mol. The molecule has 0 aliphatic carbocycles. The normalized spacial score (nSPS) is 30.3. The molecule has 0 unspecified atom stereocenters. The van der Waals surface area contributed by atoms with Gasteiger partial charge < -0.3 is 35.3 Å². The van der Waals surface area contributed by atoms with E-state index in [1.165, 1.54) is 6.07 Å². The molecule has 1 saturated heterocycles. The number of unbranched alkanes of at least 4 members (excludes halogenated alkanes) is 2. The van der Waals surface area contributed by atoms with Gasteiger partial charge in [0, 0.05) is 6.20 Å². The molecule has 11 nitrogen and oxygen atoms in total. The van der Waals surface area contributed by atoms with Crippen LogP contribution in [-0.4, -0.2) is 62.0 Å². The number of aromatic nitrogens is 2. The highest BCUT2D eigenvalue weighted by Gasteiger charge is 2.64. The fourth-order valence-corrected chi connectivity index (χ4v) is 2.72. The van der Waals surface area contributed by atoms with Gasteiger partial charge in [-0.25, -0.2) is 14.2 Å². The van der Waals surface area contributed by atoms with E-state index in [0.29, 0.717) is 11.0 Å². The molecule has 2 rings (SSSR count). The minimum atomic E-state index is -2.65. The van der Waals surface area contributed by atoms with Crippen LogP contribution in [0.4, 0.5) is 10.6 Å². The van der Waals surface area contributed by atoms with Crippen molar-refractivity contribution < 1.29 is 34.3 Å². The minimum Gasteiger partial charge on any atom is -0.434 e. The molecule has 152 valence electrons. The van der Waals surface area contributed by atoms with Crippen molar-refractivity contribution in [2.45, 2.75) is 56.8 Å². The fraction of sp³-hybridized carbons (Fsp3) is 0.688. The third-order valence-corrected chi connectivity index (χ3v) is 4.39. The summed E-state index contributed by atoms with van der Waals surface area (Å²) >= 11 is 0. The summed E-state index contributed by atoms with van der Waals surface area (Å²) in [5.41, 5.74) is 2.09. The van der Waals surface area contributed by atoms with Crippen LogP contribution >= 0.6 is 0 Å². The molecule has 1 fully saturated rings. The van der Waals surface area contributed by atoms with Crippen LogP contribution in [0.2, 0.25) is 0 Å². The van der Waals surface area contributed by atoms with Crippen LogP contribution in [-0.2, 0) is 20.1 Å². The summed E-state index contributed by atoms with van der Waals surface area (Å²) in [6, 6.07) is 1.21. The Morgan fingerprint density at radius 3 is 2.74 bits per heavy atom. The average molecular weight is 387 g/mol. The SMILES string of the molecule is CCCCCOC(=O)OC[C@H]1O[C@@](O)(n2ccc(N)nc2=O)[C@](C)(O)[C@@H]1O. The lowest BCUT2D eigenvalue weighted by Crippen LogP contribution is -2.58. The maximum Gasteiger partial charge on any atom is 0.508 e. The molecule has 0 radical (unpaired) electrons. The summed E-state index contributed by atoms with van der Waals surface area (Å²) in [5.74, 6) is -2.74. The number of nitrogens with two attached hydrogens (primary N) is 1. The van der Waals surface area contributed by atoms with Crippen molar-refractivity contribution >= 4 is 12.0 Å². The minimum absolute atomic E-state index is 0.0938. The molecule has 0 saturated carbocycles. The van der Waals surface area contributed by atoms with E-state index in [-0.39, 0.29) is 12.4 Å². The first-order valence-corrected chi connectivity index (χ1v) is 8.59. The molecule has 0 aromatic carbocycles. The van der Waals surface area contributed by atoms with Gasteiger partial charge in [0.15, 0.2) is 5.60 Å². The second kappa shape index (κ2) is 8.21. The van der Waals surface area contributed by atoms with Crippen LogP contribution in [0.25, 0.3) is 0 Å². The molecule has 5 N–H and O–H groups in total. The van der Waals surface area contributed by atoms with E-state index in [0.717, 1.165) is 26.0 Å². The zero-order valence-electron chi connectivity index (χ0n) is 15.2. The maximum atomic E-state index is 12.0. The third kappa shape index (κ3) is 4.21. The zero-order valence-corrected chi connectivity index (χ0v) is 15.2. The maximum absolute atomic E-state index is 12.0. The first-order chi connectivity index (χ1) is 12.6. The Kier molecular flexibility index (Phi) is 6.42. The molecule has 1 aliphatic heterocycles. The van der Waals surface area contributed by atoms with Crippen molar-refractivity contribution in [3.8, 4) is 0 Å². The molecule has 2 heterocycles. The fourth-order valence-electron chi connectivity index (χ4n) is 2.72. The van der Waals surface area contributed by atoms with Gasteiger partial charge in [0.1, 0.15) is 24.6 Å². The number of hydrogen-bond donors (Lipinski definition) is 4. The largest absolute Gasteiger partial charge is 0.508 e. The van der Waals surface area contributed by atoms with Gasteiger partial charge in [-0.3, -0.25) is 0 Å². The highest BCUT2D eigenvalue weighted by molar-refractivity contribution is 5.59. The van der Waals surface area contributed by atoms with E-state index in [1.54, 1.807) is 0 Å². The Hall–Kier alpha value is -2.21. The van der Waals surface area contributed by atoms with Gasteiger partial charge in [0.2, 0.25) is 0 Å². The number of hydrogen-bond acceptors (Lipinski definition) is 10. The molecule has 0 bridgehead atoms. The van der Waals surface area contributed by atoms with E-state index < -0.39 is 42.2 Å². The van der Waals surface area contributed by atoms with Crippen LogP contribution in [0.15, 0.2) is 17.1 Å². The first kappa shape index (κ1) is 21.1. The highest BCUT2D eigenvalue weighted by atomic mass is 16.7.